The molecule has 21 heavy (non-hydrogen) atoms. The van der Waals surface area contributed by atoms with Gasteiger partial charge in [-0.05, 0) is 29.7 Å². The highest BCUT2D eigenvalue weighted by Gasteiger charge is 2.23. The number of nitrogens with zero attached hydrogens (tertiary/aromatic N) is 1. The zero-order valence-electron chi connectivity index (χ0n) is 11.9. The van der Waals surface area contributed by atoms with Gasteiger partial charge >= 0.3 is 0 Å². The van der Waals surface area contributed by atoms with Crippen LogP contribution in [0.1, 0.15) is 16.8 Å². The molecule has 0 saturated heterocycles. The zero-order chi connectivity index (χ0) is 14.5. The quantitative estimate of drug-likeness (QED) is 0.892. The van der Waals surface area contributed by atoms with Crippen LogP contribution in [0.2, 0.25) is 0 Å². The lowest BCUT2D eigenvalue weighted by molar-refractivity contribution is -0.123. The Labute approximate surface area is 124 Å². The Morgan fingerprint density at radius 2 is 2.00 bits per heavy atom. The molecular formula is C17H19N3O. The van der Waals surface area contributed by atoms with Crippen molar-refractivity contribution in [1.82, 2.24) is 15.6 Å². The van der Waals surface area contributed by atoms with Crippen molar-refractivity contribution in [3.63, 3.8) is 0 Å². The molecule has 1 aliphatic rings. The number of rotatable bonds is 4. The molecule has 0 unspecified atom stereocenters. The summed E-state index contributed by atoms with van der Waals surface area (Å²) in [7, 11) is 0. The Kier molecular flexibility index (Phi) is 4.26. The maximum atomic E-state index is 12.2. The molecule has 3 rings (SSSR count). The normalized spacial score (nSPS) is 17.0. The Morgan fingerprint density at radius 1 is 1.19 bits per heavy atom. The molecule has 2 heterocycles. The van der Waals surface area contributed by atoms with Crippen molar-refractivity contribution in [2.45, 2.75) is 25.4 Å². The number of carbonyl (C=O) groups excluding carboxylic acids is 1. The Bertz CT molecular complexity index is 612. The highest BCUT2D eigenvalue weighted by molar-refractivity contribution is 5.82. The van der Waals surface area contributed by atoms with Gasteiger partial charge in [0.25, 0.3) is 0 Å². The van der Waals surface area contributed by atoms with Crippen LogP contribution in [0.25, 0.3) is 0 Å². The fraction of sp³-hybridized carbons (Fsp3) is 0.294. The molecule has 0 radical (unpaired) electrons. The molecule has 2 aromatic rings. The molecule has 0 aliphatic carbocycles. The second-order valence-electron chi connectivity index (χ2n) is 5.27. The lowest BCUT2D eigenvalue weighted by Crippen LogP contribution is -2.48. The molecule has 108 valence electrons. The molecule has 1 aromatic carbocycles. The SMILES string of the molecule is O=C(NCCc1ccccn1)[C@@H]1Cc2ccccc2CN1. The number of benzene rings is 1. The average molecular weight is 281 g/mol. The molecule has 1 atom stereocenters. The third-order valence-corrected chi connectivity index (χ3v) is 3.80. The van der Waals surface area contributed by atoms with E-state index in [1.54, 1.807) is 6.20 Å². The summed E-state index contributed by atoms with van der Waals surface area (Å²) in [5, 5.41) is 6.29. The van der Waals surface area contributed by atoms with Crippen LogP contribution in [0.3, 0.4) is 0 Å². The van der Waals surface area contributed by atoms with Crippen LogP contribution in [-0.4, -0.2) is 23.5 Å². The van der Waals surface area contributed by atoms with Gasteiger partial charge in [-0.15, -0.1) is 0 Å². The lowest BCUT2D eigenvalue weighted by atomic mass is 9.95. The van der Waals surface area contributed by atoms with Gasteiger partial charge in [-0.25, -0.2) is 0 Å². The van der Waals surface area contributed by atoms with E-state index in [0.29, 0.717) is 6.54 Å². The minimum absolute atomic E-state index is 0.0698. The van der Waals surface area contributed by atoms with E-state index in [0.717, 1.165) is 25.1 Å². The fourth-order valence-electron chi connectivity index (χ4n) is 2.62. The second-order valence-corrected chi connectivity index (χ2v) is 5.27. The summed E-state index contributed by atoms with van der Waals surface area (Å²) >= 11 is 0. The maximum Gasteiger partial charge on any atom is 0.237 e. The topological polar surface area (TPSA) is 54.0 Å². The van der Waals surface area contributed by atoms with Crippen molar-refractivity contribution in [2.24, 2.45) is 0 Å². The number of hydrogen-bond acceptors (Lipinski definition) is 3. The van der Waals surface area contributed by atoms with Crippen LogP contribution < -0.4 is 10.6 Å². The summed E-state index contributed by atoms with van der Waals surface area (Å²) in [6.07, 6.45) is 3.29. The molecular weight excluding hydrogens is 262 g/mol. The van der Waals surface area contributed by atoms with Gasteiger partial charge in [-0.1, -0.05) is 30.3 Å². The van der Waals surface area contributed by atoms with Gasteiger partial charge in [0.05, 0.1) is 6.04 Å². The number of carbonyl (C=O) groups is 1. The third kappa shape index (κ3) is 3.47. The molecule has 0 spiro atoms. The van der Waals surface area contributed by atoms with E-state index >= 15 is 0 Å². The van der Waals surface area contributed by atoms with Crippen LogP contribution in [0.5, 0.6) is 0 Å². The first-order chi connectivity index (χ1) is 10.3. The summed E-state index contributed by atoms with van der Waals surface area (Å²) in [6.45, 7) is 1.38. The average Bonchev–Trinajstić information content (AvgIpc) is 2.55. The van der Waals surface area contributed by atoms with Crippen LogP contribution in [-0.2, 0) is 24.2 Å². The molecule has 4 nitrogen and oxygen atoms in total. The summed E-state index contributed by atoms with van der Waals surface area (Å²) in [6, 6.07) is 14.0. The predicted octanol–water partition coefficient (Wildman–Crippen LogP) is 1.45. The van der Waals surface area contributed by atoms with E-state index in [1.807, 2.05) is 30.3 Å². The summed E-state index contributed by atoms with van der Waals surface area (Å²) in [5.41, 5.74) is 3.55. The number of fused-ring (bicyclic) bond motifs is 1. The van der Waals surface area contributed by atoms with Gasteiger partial charge in [-0.3, -0.25) is 9.78 Å². The summed E-state index contributed by atoms with van der Waals surface area (Å²) < 4.78 is 0. The predicted molar refractivity (Wildman–Crippen MR) is 81.7 cm³/mol. The number of nitrogens with one attached hydrogen (secondary N) is 2. The van der Waals surface area contributed by atoms with E-state index in [9.17, 15) is 4.79 Å². The van der Waals surface area contributed by atoms with Gasteiger partial charge in [-0.2, -0.15) is 0 Å². The van der Waals surface area contributed by atoms with E-state index in [2.05, 4.69) is 27.8 Å². The first-order valence-corrected chi connectivity index (χ1v) is 7.31. The Hall–Kier alpha value is -2.20. The monoisotopic (exact) mass is 281 g/mol. The highest BCUT2D eigenvalue weighted by atomic mass is 16.2. The Morgan fingerprint density at radius 3 is 2.81 bits per heavy atom. The van der Waals surface area contributed by atoms with Crippen molar-refractivity contribution in [3.8, 4) is 0 Å². The summed E-state index contributed by atoms with van der Waals surface area (Å²) in [4.78, 5) is 16.5. The van der Waals surface area contributed by atoms with E-state index in [4.69, 9.17) is 0 Å². The number of aromatic nitrogens is 1. The lowest BCUT2D eigenvalue weighted by Gasteiger charge is -2.25. The molecule has 0 saturated carbocycles. The van der Waals surface area contributed by atoms with Gasteiger partial charge < -0.3 is 10.6 Å². The third-order valence-electron chi connectivity index (χ3n) is 3.80. The summed E-state index contributed by atoms with van der Waals surface area (Å²) in [5.74, 6) is 0.0698. The molecule has 1 amide bonds. The minimum Gasteiger partial charge on any atom is -0.354 e. The molecule has 0 bridgehead atoms. The number of pyridine rings is 1. The van der Waals surface area contributed by atoms with Crippen molar-refractivity contribution < 1.29 is 4.79 Å². The van der Waals surface area contributed by atoms with Crippen LogP contribution in [0.4, 0.5) is 0 Å². The maximum absolute atomic E-state index is 12.2. The Balaban J connectivity index is 1.50. The van der Waals surface area contributed by atoms with E-state index < -0.39 is 0 Å². The van der Waals surface area contributed by atoms with Gasteiger partial charge in [0.2, 0.25) is 5.91 Å². The first kappa shape index (κ1) is 13.8. The van der Waals surface area contributed by atoms with Crippen LogP contribution in [0, 0.1) is 0 Å². The fourth-order valence-corrected chi connectivity index (χ4v) is 2.62. The molecule has 2 N–H and O–H groups in total. The molecule has 0 fully saturated rings. The number of hydrogen-bond donors (Lipinski definition) is 2. The van der Waals surface area contributed by atoms with Crippen LogP contribution >= 0.6 is 0 Å². The first-order valence-electron chi connectivity index (χ1n) is 7.31. The van der Waals surface area contributed by atoms with Gasteiger partial charge in [0.15, 0.2) is 0 Å². The minimum atomic E-state index is -0.136. The zero-order valence-corrected chi connectivity index (χ0v) is 11.9. The molecule has 1 aromatic heterocycles. The molecule has 1 aliphatic heterocycles. The van der Waals surface area contributed by atoms with Crippen molar-refractivity contribution in [1.29, 1.82) is 0 Å². The second kappa shape index (κ2) is 6.50. The number of amides is 1. The standard InChI is InChI=1S/C17H19N3O/c21-17(19-10-8-15-7-3-4-9-18-15)16-11-13-5-1-2-6-14(13)12-20-16/h1-7,9,16,20H,8,10-12H2,(H,19,21)/t16-/m0/s1. The van der Waals surface area contributed by atoms with Gasteiger partial charge in [0.1, 0.15) is 0 Å². The van der Waals surface area contributed by atoms with Crippen molar-refractivity contribution in [3.05, 3.63) is 65.5 Å². The van der Waals surface area contributed by atoms with Crippen LogP contribution in [0.15, 0.2) is 48.7 Å². The highest BCUT2D eigenvalue weighted by Crippen LogP contribution is 2.16. The molecule has 4 heteroatoms. The van der Waals surface area contributed by atoms with E-state index in [-0.39, 0.29) is 11.9 Å². The van der Waals surface area contributed by atoms with Gasteiger partial charge in [0, 0.05) is 31.4 Å². The smallest absolute Gasteiger partial charge is 0.237 e. The van der Waals surface area contributed by atoms with Crippen molar-refractivity contribution >= 4 is 5.91 Å². The largest absolute Gasteiger partial charge is 0.354 e. The van der Waals surface area contributed by atoms with E-state index in [1.165, 1.54) is 11.1 Å². The van der Waals surface area contributed by atoms with Crippen molar-refractivity contribution in [2.75, 3.05) is 6.54 Å².